The van der Waals surface area contributed by atoms with Crippen molar-refractivity contribution < 1.29 is 33.2 Å². The number of ether oxygens (including phenoxy) is 6. The summed E-state index contributed by atoms with van der Waals surface area (Å²) < 4.78 is 34.3. The molecule has 0 amide bonds. The average Bonchev–Trinajstić information content (AvgIpc) is 3.28. The molecule has 38 heavy (non-hydrogen) atoms. The van der Waals surface area contributed by atoms with E-state index in [9.17, 15) is 4.79 Å². The van der Waals surface area contributed by atoms with E-state index in [0.29, 0.717) is 47.4 Å². The molecule has 0 bridgehead atoms. The second-order valence-corrected chi connectivity index (χ2v) is 9.13. The number of rotatable bonds is 8. The van der Waals surface area contributed by atoms with E-state index in [4.69, 9.17) is 28.4 Å². The van der Waals surface area contributed by atoms with Gasteiger partial charge in [-0.15, -0.1) is 0 Å². The minimum absolute atomic E-state index is 0.178. The molecule has 0 spiro atoms. The van der Waals surface area contributed by atoms with Gasteiger partial charge in [0, 0.05) is 18.7 Å². The van der Waals surface area contributed by atoms with Gasteiger partial charge in [0.1, 0.15) is 24.0 Å². The van der Waals surface area contributed by atoms with Gasteiger partial charge < -0.3 is 28.4 Å². The fourth-order valence-electron chi connectivity index (χ4n) is 4.99. The first-order valence-corrected chi connectivity index (χ1v) is 12.4. The standard InChI is InChI=1S/C30H31NO7/c1-18-14-24-21(16-31(17-37-24)13-12-19-8-6-7-9-22(19)33-2)29-26(18)27(32)25(38-29)15-20-10-11-23(34-3)30(36-5)28(20)35-4/h6-11,14-15H,12-13,16-17H2,1-5H3/b25-15-. The van der Waals surface area contributed by atoms with Crippen molar-refractivity contribution in [2.75, 3.05) is 41.7 Å². The first-order valence-electron chi connectivity index (χ1n) is 12.4. The molecule has 5 rings (SSSR count). The number of aryl methyl sites for hydroxylation is 1. The Morgan fingerprint density at radius 3 is 2.45 bits per heavy atom. The molecule has 2 aliphatic heterocycles. The second kappa shape index (κ2) is 10.7. The van der Waals surface area contributed by atoms with E-state index < -0.39 is 0 Å². The Balaban J connectivity index is 1.43. The molecule has 8 heteroatoms. The van der Waals surface area contributed by atoms with Crippen LogP contribution in [0.1, 0.15) is 32.6 Å². The quantitative estimate of drug-likeness (QED) is 0.385. The SMILES string of the molecule is COc1ccccc1CCN1COc2cc(C)c3c(c2C1)O/C(=C\c1ccc(OC)c(OC)c1OC)C3=O. The summed E-state index contributed by atoms with van der Waals surface area (Å²) in [5.74, 6) is 3.64. The fourth-order valence-corrected chi connectivity index (χ4v) is 4.99. The fraction of sp³-hybridized carbons (Fsp3) is 0.300. The Hall–Kier alpha value is -4.17. The third kappa shape index (κ3) is 4.52. The maximum absolute atomic E-state index is 13.5. The highest BCUT2D eigenvalue weighted by molar-refractivity contribution is 6.16. The summed E-state index contributed by atoms with van der Waals surface area (Å²) in [6, 6.07) is 13.5. The smallest absolute Gasteiger partial charge is 0.232 e. The number of benzene rings is 3. The molecule has 0 saturated carbocycles. The molecular formula is C30H31NO7. The van der Waals surface area contributed by atoms with Gasteiger partial charge in [0.25, 0.3) is 0 Å². The van der Waals surface area contributed by atoms with Crippen LogP contribution < -0.4 is 28.4 Å². The number of hydrogen-bond donors (Lipinski definition) is 0. The minimum Gasteiger partial charge on any atom is -0.496 e. The van der Waals surface area contributed by atoms with Crippen LogP contribution in [0.5, 0.6) is 34.5 Å². The molecule has 0 aromatic heterocycles. The summed E-state index contributed by atoms with van der Waals surface area (Å²) in [6.45, 7) is 3.73. The van der Waals surface area contributed by atoms with Gasteiger partial charge in [0.2, 0.25) is 11.5 Å². The van der Waals surface area contributed by atoms with E-state index in [1.807, 2.05) is 31.2 Å². The van der Waals surface area contributed by atoms with Crippen molar-refractivity contribution >= 4 is 11.9 Å². The van der Waals surface area contributed by atoms with Crippen LogP contribution in [0.3, 0.4) is 0 Å². The lowest BCUT2D eigenvalue weighted by atomic mass is 9.98. The molecule has 2 aliphatic rings. The summed E-state index contributed by atoms with van der Waals surface area (Å²) in [5.41, 5.74) is 4.02. The molecule has 8 nitrogen and oxygen atoms in total. The van der Waals surface area contributed by atoms with E-state index in [0.717, 1.165) is 41.2 Å². The lowest BCUT2D eigenvalue weighted by Crippen LogP contribution is -2.34. The number of methoxy groups -OCH3 is 4. The Labute approximate surface area is 222 Å². The van der Waals surface area contributed by atoms with E-state index in [1.165, 1.54) is 0 Å². The zero-order valence-corrected chi connectivity index (χ0v) is 22.3. The number of Topliss-reactive ketones (excluding diaryl/α,β-unsaturated/α-hetero) is 1. The maximum Gasteiger partial charge on any atom is 0.232 e. The van der Waals surface area contributed by atoms with E-state index in [2.05, 4.69) is 11.0 Å². The van der Waals surface area contributed by atoms with Crippen molar-refractivity contribution in [3.63, 3.8) is 0 Å². The van der Waals surface area contributed by atoms with Gasteiger partial charge in [0.05, 0.1) is 39.6 Å². The summed E-state index contributed by atoms with van der Waals surface area (Å²) in [5, 5.41) is 0. The largest absolute Gasteiger partial charge is 0.496 e. The number of nitrogens with zero attached hydrogens (tertiary/aromatic N) is 1. The number of hydrogen-bond acceptors (Lipinski definition) is 8. The number of ketones is 1. The zero-order chi connectivity index (χ0) is 26.8. The number of carbonyl (C=O) groups excluding carboxylic acids is 1. The lowest BCUT2D eigenvalue weighted by molar-refractivity contribution is 0.0947. The minimum atomic E-state index is -0.178. The Morgan fingerprint density at radius 1 is 0.947 bits per heavy atom. The van der Waals surface area contributed by atoms with Crippen LogP contribution >= 0.6 is 0 Å². The molecule has 3 aromatic carbocycles. The van der Waals surface area contributed by atoms with Crippen LogP contribution in [-0.4, -0.2) is 52.4 Å². The molecule has 0 aliphatic carbocycles. The molecule has 0 saturated heterocycles. The number of carbonyl (C=O) groups is 1. The summed E-state index contributed by atoms with van der Waals surface area (Å²) in [6.07, 6.45) is 2.49. The third-order valence-corrected chi connectivity index (χ3v) is 6.90. The zero-order valence-electron chi connectivity index (χ0n) is 22.3. The van der Waals surface area contributed by atoms with Crippen molar-refractivity contribution in [1.29, 1.82) is 0 Å². The van der Waals surface area contributed by atoms with Crippen LogP contribution in [0, 0.1) is 6.92 Å². The van der Waals surface area contributed by atoms with Gasteiger partial charge >= 0.3 is 0 Å². The van der Waals surface area contributed by atoms with Crippen molar-refractivity contribution in [3.05, 3.63) is 76.0 Å². The van der Waals surface area contributed by atoms with Gasteiger partial charge in [-0.05, 0) is 54.8 Å². The predicted octanol–water partition coefficient (Wildman–Crippen LogP) is 5.04. The molecule has 3 aromatic rings. The highest BCUT2D eigenvalue weighted by Gasteiger charge is 2.35. The molecular weight excluding hydrogens is 486 g/mol. The van der Waals surface area contributed by atoms with Crippen molar-refractivity contribution in [3.8, 4) is 34.5 Å². The topological polar surface area (TPSA) is 75.7 Å². The number of allylic oxidation sites excluding steroid dienone is 1. The molecule has 0 unspecified atom stereocenters. The van der Waals surface area contributed by atoms with Gasteiger partial charge in [-0.3, -0.25) is 9.69 Å². The summed E-state index contributed by atoms with van der Waals surface area (Å²) >= 11 is 0. The first kappa shape index (κ1) is 25.5. The summed E-state index contributed by atoms with van der Waals surface area (Å²) in [7, 11) is 6.33. The number of para-hydroxylation sites is 1. The van der Waals surface area contributed by atoms with Crippen LogP contribution in [0.15, 0.2) is 48.2 Å². The van der Waals surface area contributed by atoms with Gasteiger partial charge in [0.15, 0.2) is 17.3 Å². The molecule has 198 valence electrons. The average molecular weight is 518 g/mol. The molecule has 0 atom stereocenters. The lowest BCUT2D eigenvalue weighted by Gasteiger charge is -2.30. The second-order valence-electron chi connectivity index (χ2n) is 9.13. The highest BCUT2D eigenvalue weighted by atomic mass is 16.5. The molecule has 2 heterocycles. The van der Waals surface area contributed by atoms with E-state index >= 15 is 0 Å². The summed E-state index contributed by atoms with van der Waals surface area (Å²) in [4.78, 5) is 15.7. The Morgan fingerprint density at radius 2 is 1.71 bits per heavy atom. The van der Waals surface area contributed by atoms with Gasteiger partial charge in [-0.1, -0.05) is 18.2 Å². The molecule has 0 radical (unpaired) electrons. The third-order valence-electron chi connectivity index (χ3n) is 6.90. The Kier molecular flexibility index (Phi) is 7.15. The van der Waals surface area contributed by atoms with Crippen LogP contribution in [0.2, 0.25) is 0 Å². The Bertz CT molecular complexity index is 1410. The van der Waals surface area contributed by atoms with Crippen LogP contribution in [0.4, 0.5) is 0 Å². The highest BCUT2D eigenvalue weighted by Crippen LogP contribution is 2.45. The van der Waals surface area contributed by atoms with Crippen molar-refractivity contribution in [1.82, 2.24) is 4.90 Å². The van der Waals surface area contributed by atoms with Crippen molar-refractivity contribution in [2.45, 2.75) is 19.9 Å². The molecule has 0 fully saturated rings. The maximum atomic E-state index is 13.5. The normalized spacial score (nSPS) is 15.4. The van der Waals surface area contributed by atoms with Crippen molar-refractivity contribution in [2.24, 2.45) is 0 Å². The monoisotopic (exact) mass is 517 g/mol. The first-order chi connectivity index (χ1) is 18.5. The number of fused-ring (bicyclic) bond motifs is 3. The van der Waals surface area contributed by atoms with Crippen LogP contribution in [0.25, 0.3) is 6.08 Å². The van der Waals surface area contributed by atoms with E-state index in [1.54, 1.807) is 46.6 Å². The van der Waals surface area contributed by atoms with Gasteiger partial charge in [-0.25, -0.2) is 0 Å². The predicted molar refractivity (Wildman–Crippen MR) is 143 cm³/mol. The molecule has 0 N–H and O–H groups in total. The van der Waals surface area contributed by atoms with Gasteiger partial charge in [-0.2, -0.15) is 0 Å². The van der Waals surface area contributed by atoms with Crippen LogP contribution in [-0.2, 0) is 13.0 Å². The van der Waals surface area contributed by atoms with E-state index in [-0.39, 0.29) is 11.5 Å².